The van der Waals surface area contributed by atoms with Crippen molar-refractivity contribution in [2.75, 3.05) is 25.6 Å². The van der Waals surface area contributed by atoms with Gasteiger partial charge in [0, 0.05) is 28.9 Å². The Balaban J connectivity index is 1.96. The van der Waals surface area contributed by atoms with Crippen LogP contribution in [-0.4, -0.2) is 102 Å². The number of Topliss-reactive ketones (excluding diaryl/α,β-unsaturated/α-hetero) is 2. The fraction of sp³-hybridized carbons (Fsp3) is 0.440. The first kappa shape index (κ1) is 27.6. The van der Waals surface area contributed by atoms with Crippen molar-refractivity contribution in [3.8, 4) is 5.75 Å². The minimum absolute atomic E-state index is 0.111. The van der Waals surface area contributed by atoms with E-state index in [1.165, 1.54) is 42.9 Å². The van der Waals surface area contributed by atoms with E-state index >= 15 is 0 Å². The van der Waals surface area contributed by atoms with Crippen LogP contribution in [0.4, 0.5) is 0 Å². The zero-order valence-corrected chi connectivity index (χ0v) is 21.3. The number of nitrogens with zero attached hydrogens (tertiary/aromatic N) is 1. The van der Waals surface area contributed by atoms with Gasteiger partial charge in [-0.15, -0.1) is 0 Å². The van der Waals surface area contributed by atoms with Gasteiger partial charge in [0.2, 0.25) is 5.78 Å². The van der Waals surface area contributed by atoms with Crippen LogP contribution in [0.25, 0.3) is 5.76 Å². The average molecular weight is 549 g/mol. The number of carbonyl (C=O) groups is 4. The summed E-state index contributed by atoms with van der Waals surface area (Å²) in [5.74, 6) is -10.4. The molecule has 1 aromatic rings. The Morgan fingerprint density at radius 3 is 2.39 bits per heavy atom. The van der Waals surface area contributed by atoms with E-state index in [0.717, 1.165) is 0 Å². The lowest BCUT2D eigenvalue weighted by Gasteiger charge is -2.54. The molecule has 3 unspecified atom stereocenters. The van der Waals surface area contributed by atoms with Crippen LogP contribution in [0.5, 0.6) is 5.75 Å². The van der Waals surface area contributed by atoms with Crippen molar-refractivity contribution >= 4 is 41.0 Å². The van der Waals surface area contributed by atoms with Gasteiger partial charge >= 0.3 is 5.97 Å². The minimum Gasteiger partial charge on any atom is -0.508 e. The van der Waals surface area contributed by atoms with Gasteiger partial charge in [0.15, 0.2) is 11.4 Å². The average Bonchev–Trinajstić information content (AvgIpc) is 2.82. The molecule has 13 heteroatoms. The molecule has 0 aromatic heterocycles. The number of benzene rings is 1. The molecule has 12 nitrogen and oxygen atoms in total. The van der Waals surface area contributed by atoms with E-state index in [2.05, 4.69) is 0 Å². The molecule has 0 spiro atoms. The summed E-state index contributed by atoms with van der Waals surface area (Å²) in [5, 5.41) is 65.1. The van der Waals surface area contributed by atoms with Gasteiger partial charge < -0.3 is 36.4 Å². The Morgan fingerprint density at radius 2 is 1.82 bits per heavy atom. The third-order valence-corrected chi connectivity index (χ3v) is 8.64. The number of amides is 1. The molecule has 1 fully saturated rings. The molecule has 0 bridgehead atoms. The lowest BCUT2D eigenvalue weighted by molar-refractivity contribution is -0.169. The molecule has 3 aliphatic rings. The van der Waals surface area contributed by atoms with Crippen LogP contribution in [0.2, 0.25) is 0 Å². The van der Waals surface area contributed by atoms with Crippen molar-refractivity contribution in [2.24, 2.45) is 17.6 Å². The van der Waals surface area contributed by atoms with Gasteiger partial charge in [0.1, 0.15) is 22.8 Å². The Labute approximate surface area is 221 Å². The third-order valence-electron chi connectivity index (χ3n) is 7.56. The third kappa shape index (κ3) is 3.88. The maximum atomic E-state index is 14.0. The van der Waals surface area contributed by atoms with Crippen molar-refractivity contribution in [2.45, 2.75) is 30.1 Å². The Hall–Kier alpha value is -3.39. The molecule has 3 aliphatic carbocycles. The molecule has 1 aromatic carbocycles. The number of rotatable bonds is 7. The van der Waals surface area contributed by atoms with Crippen molar-refractivity contribution in [1.29, 1.82) is 0 Å². The number of carboxylic acids is 1. The molecule has 1 saturated carbocycles. The van der Waals surface area contributed by atoms with Gasteiger partial charge in [0.25, 0.3) is 5.91 Å². The topological polar surface area (TPSA) is 219 Å². The van der Waals surface area contributed by atoms with Crippen LogP contribution in [0, 0.1) is 11.8 Å². The number of carbonyl (C=O) groups excluding carboxylic acids is 3. The molecule has 4 rings (SSSR count). The second kappa shape index (κ2) is 9.73. The SMILES string of the molecule is CN(C)[C@@H]1C(=O)C(C(N)=O)=C(O)C2(O)C(=O)C3=C(O)c4c(O)cccc4[C@H](CSCCC(=O)O)C3[C@H](O)C12. The zero-order valence-electron chi connectivity index (χ0n) is 20.5. The molecule has 0 radical (unpaired) electrons. The summed E-state index contributed by atoms with van der Waals surface area (Å²) in [7, 11) is 2.86. The number of aliphatic carboxylic acids is 1. The Morgan fingerprint density at radius 1 is 1.16 bits per heavy atom. The number of phenols is 1. The number of fused-ring (bicyclic) bond motifs is 3. The highest BCUT2D eigenvalue weighted by Crippen LogP contribution is 2.56. The summed E-state index contributed by atoms with van der Waals surface area (Å²) in [6, 6.07) is 2.91. The maximum absolute atomic E-state index is 14.0. The number of aromatic hydroxyl groups is 1. The molecular weight excluding hydrogens is 520 g/mol. The molecule has 204 valence electrons. The quantitative estimate of drug-likeness (QED) is 0.172. The minimum atomic E-state index is -2.99. The number of phenolic OH excluding ortho intramolecular Hbond substituents is 1. The van der Waals surface area contributed by atoms with E-state index in [4.69, 9.17) is 10.8 Å². The highest BCUT2D eigenvalue weighted by atomic mass is 32.2. The lowest BCUT2D eigenvalue weighted by Crippen LogP contribution is -2.70. The van der Waals surface area contributed by atoms with Crippen LogP contribution in [0.3, 0.4) is 0 Å². The number of aliphatic hydroxyl groups excluding tert-OH is 3. The van der Waals surface area contributed by atoms with Crippen LogP contribution in [-0.2, 0) is 19.2 Å². The molecule has 8 N–H and O–H groups in total. The van der Waals surface area contributed by atoms with Crippen molar-refractivity contribution in [1.82, 2.24) is 4.90 Å². The summed E-state index contributed by atoms with van der Waals surface area (Å²) >= 11 is 1.21. The highest BCUT2D eigenvalue weighted by molar-refractivity contribution is 7.99. The smallest absolute Gasteiger partial charge is 0.304 e. The van der Waals surface area contributed by atoms with Gasteiger partial charge in [-0.3, -0.25) is 24.1 Å². The molecule has 38 heavy (non-hydrogen) atoms. The van der Waals surface area contributed by atoms with Crippen molar-refractivity contribution in [3.05, 3.63) is 46.2 Å². The van der Waals surface area contributed by atoms with Crippen molar-refractivity contribution < 1.29 is 49.8 Å². The number of hydrogen-bond acceptors (Lipinski definition) is 11. The van der Waals surface area contributed by atoms with Gasteiger partial charge in [-0.25, -0.2) is 0 Å². The number of aliphatic hydroxyl groups is 4. The van der Waals surface area contributed by atoms with E-state index in [9.17, 15) is 44.7 Å². The molecule has 0 aliphatic heterocycles. The van der Waals surface area contributed by atoms with Crippen LogP contribution < -0.4 is 5.73 Å². The number of thioether (sulfide) groups is 1. The first-order valence-corrected chi connectivity index (χ1v) is 12.9. The molecule has 6 atom stereocenters. The van der Waals surface area contributed by atoms with Gasteiger partial charge in [-0.1, -0.05) is 12.1 Å². The molecule has 1 amide bonds. The maximum Gasteiger partial charge on any atom is 0.304 e. The van der Waals surface area contributed by atoms with Gasteiger partial charge in [-0.2, -0.15) is 11.8 Å². The number of primary amides is 1. The summed E-state index contributed by atoms with van der Waals surface area (Å²) in [6.45, 7) is 0. The normalized spacial score (nSPS) is 30.7. The van der Waals surface area contributed by atoms with Crippen molar-refractivity contribution in [3.63, 3.8) is 0 Å². The van der Waals surface area contributed by atoms with Crippen LogP contribution in [0.15, 0.2) is 35.1 Å². The fourth-order valence-corrected chi connectivity index (χ4v) is 7.09. The highest BCUT2D eigenvalue weighted by Gasteiger charge is 2.68. The van der Waals surface area contributed by atoms with E-state index < -0.39 is 81.6 Å². The predicted octanol–water partition coefficient (Wildman–Crippen LogP) is -0.316. The second-order valence-corrected chi connectivity index (χ2v) is 11.0. The summed E-state index contributed by atoms with van der Waals surface area (Å²) in [5.41, 5.74) is 1.10. The summed E-state index contributed by atoms with van der Waals surface area (Å²) in [4.78, 5) is 51.6. The first-order chi connectivity index (χ1) is 17.8. The number of likely N-dealkylation sites (N-methyl/N-ethyl adjacent to an activating group) is 1. The summed E-state index contributed by atoms with van der Waals surface area (Å²) < 4.78 is 0. The van der Waals surface area contributed by atoms with Crippen LogP contribution >= 0.6 is 11.8 Å². The lowest BCUT2D eigenvalue weighted by atomic mass is 9.54. The number of ketones is 2. The van der Waals surface area contributed by atoms with E-state index in [1.54, 1.807) is 6.07 Å². The largest absolute Gasteiger partial charge is 0.508 e. The fourth-order valence-electron chi connectivity index (χ4n) is 5.96. The zero-order chi connectivity index (χ0) is 28.3. The number of carboxylic acid groups (broad SMARTS) is 1. The second-order valence-electron chi connectivity index (χ2n) is 9.83. The molecule has 0 saturated heterocycles. The van der Waals surface area contributed by atoms with Gasteiger partial charge in [-0.05, 0) is 25.7 Å². The predicted molar refractivity (Wildman–Crippen MR) is 134 cm³/mol. The molecule has 0 heterocycles. The molecular formula is C25H28N2O10S. The standard InChI is InChI=1S/C25H28N2O10S/c1-27(2)18-17-20(32)14-10(8-38-7-6-12(29)30)9-4-3-5-11(28)13(9)19(31)15(14)22(34)25(17,37)23(35)16(21(18)33)24(26)36/h3-5,10,14,17-18,20,28,31-32,35,37H,6-8H2,1-2H3,(H2,26,36)(H,29,30)/t10-,14?,17?,18-,20-,25?/m0/s1. The van der Waals surface area contributed by atoms with E-state index in [-0.39, 0.29) is 29.2 Å². The van der Waals surface area contributed by atoms with E-state index in [1.807, 2.05) is 0 Å². The van der Waals surface area contributed by atoms with Crippen LogP contribution in [0.1, 0.15) is 23.5 Å². The number of nitrogens with two attached hydrogens (primary N) is 1. The Kier molecular flexibility index (Phi) is 7.08. The summed E-state index contributed by atoms with van der Waals surface area (Å²) in [6.07, 6.45) is -1.87. The Bertz CT molecular complexity index is 1300. The first-order valence-electron chi connectivity index (χ1n) is 11.7. The monoisotopic (exact) mass is 548 g/mol. The van der Waals surface area contributed by atoms with Gasteiger partial charge in [0.05, 0.1) is 30.0 Å². The number of hydrogen-bond donors (Lipinski definition) is 7. The van der Waals surface area contributed by atoms with E-state index in [0.29, 0.717) is 5.56 Å².